The summed E-state index contributed by atoms with van der Waals surface area (Å²) >= 11 is 0. The lowest BCUT2D eigenvalue weighted by Gasteiger charge is -2.32. The van der Waals surface area contributed by atoms with Gasteiger partial charge in [0.15, 0.2) is 0 Å². The maximum Gasteiger partial charge on any atom is 0.243 e. The van der Waals surface area contributed by atoms with E-state index in [0.717, 1.165) is 17.0 Å². The molecular weight excluding hydrogens is 370 g/mol. The molecule has 0 unspecified atom stereocenters. The number of nitrogens with zero attached hydrogens (tertiary/aromatic N) is 2. The number of carbonyl (C=O) groups is 2. The standard InChI is InChI=1S/C18H27N3O5S/c1-3-12-26-16-6-4-15(5-7-16)21(27(2,24)25)13-17(22)20-10-8-14(9-11-20)18(19)23/h4-7,14H,3,8-13H2,1-2H3,(H2,19,23). The molecule has 8 nitrogen and oxygen atoms in total. The molecule has 0 saturated carbocycles. The van der Waals surface area contributed by atoms with Crippen LogP contribution in [0.5, 0.6) is 5.75 Å². The Labute approximate surface area is 160 Å². The number of anilines is 1. The van der Waals surface area contributed by atoms with E-state index in [-0.39, 0.29) is 24.3 Å². The van der Waals surface area contributed by atoms with Crippen LogP contribution in [0.3, 0.4) is 0 Å². The quantitative estimate of drug-likeness (QED) is 0.703. The van der Waals surface area contributed by atoms with E-state index >= 15 is 0 Å². The molecule has 0 bridgehead atoms. The summed E-state index contributed by atoms with van der Waals surface area (Å²) in [5.41, 5.74) is 5.71. The molecule has 0 atom stereocenters. The molecular formula is C18H27N3O5S. The number of rotatable bonds is 8. The molecule has 27 heavy (non-hydrogen) atoms. The van der Waals surface area contributed by atoms with E-state index in [1.54, 1.807) is 29.2 Å². The highest BCUT2D eigenvalue weighted by molar-refractivity contribution is 7.92. The summed E-state index contributed by atoms with van der Waals surface area (Å²) in [5.74, 6) is -0.232. The second-order valence-electron chi connectivity index (χ2n) is 6.67. The molecule has 0 radical (unpaired) electrons. The van der Waals surface area contributed by atoms with Gasteiger partial charge in [-0.25, -0.2) is 8.42 Å². The number of amides is 2. The van der Waals surface area contributed by atoms with Gasteiger partial charge in [-0.2, -0.15) is 0 Å². The van der Waals surface area contributed by atoms with Crippen molar-refractivity contribution in [3.8, 4) is 5.75 Å². The molecule has 1 aromatic carbocycles. The summed E-state index contributed by atoms with van der Waals surface area (Å²) in [6.45, 7) is 3.09. The van der Waals surface area contributed by atoms with E-state index in [0.29, 0.717) is 44.0 Å². The minimum atomic E-state index is -3.63. The van der Waals surface area contributed by atoms with Crippen molar-refractivity contribution in [2.24, 2.45) is 11.7 Å². The lowest BCUT2D eigenvalue weighted by molar-refractivity contribution is -0.133. The summed E-state index contributed by atoms with van der Waals surface area (Å²) in [5, 5.41) is 0. The van der Waals surface area contributed by atoms with Crippen molar-refractivity contribution in [2.75, 3.05) is 36.8 Å². The summed E-state index contributed by atoms with van der Waals surface area (Å²) in [6, 6.07) is 6.62. The minimum absolute atomic E-state index is 0.226. The average Bonchev–Trinajstić information content (AvgIpc) is 2.64. The van der Waals surface area contributed by atoms with Gasteiger partial charge in [0.25, 0.3) is 0 Å². The van der Waals surface area contributed by atoms with Crippen LogP contribution in [-0.2, 0) is 19.6 Å². The molecule has 0 aromatic heterocycles. The van der Waals surface area contributed by atoms with Crippen molar-refractivity contribution in [3.05, 3.63) is 24.3 Å². The number of hydrogen-bond acceptors (Lipinski definition) is 5. The van der Waals surface area contributed by atoms with Crippen LogP contribution in [0.1, 0.15) is 26.2 Å². The Hall–Kier alpha value is -2.29. The number of likely N-dealkylation sites (tertiary alicyclic amines) is 1. The van der Waals surface area contributed by atoms with Crippen molar-refractivity contribution in [2.45, 2.75) is 26.2 Å². The van der Waals surface area contributed by atoms with Crippen LogP contribution in [0, 0.1) is 5.92 Å². The number of sulfonamides is 1. The third-order valence-corrected chi connectivity index (χ3v) is 5.67. The molecule has 1 aromatic rings. The van der Waals surface area contributed by atoms with Gasteiger partial charge in [0, 0.05) is 19.0 Å². The number of nitrogens with two attached hydrogens (primary N) is 1. The molecule has 1 aliphatic heterocycles. The SMILES string of the molecule is CCCOc1ccc(N(CC(=O)N2CCC(C(N)=O)CC2)S(C)(=O)=O)cc1. The van der Waals surface area contributed by atoms with Crippen LogP contribution in [0.4, 0.5) is 5.69 Å². The number of hydrogen-bond donors (Lipinski definition) is 1. The summed E-state index contributed by atoms with van der Waals surface area (Å²) in [4.78, 5) is 25.4. The van der Waals surface area contributed by atoms with Crippen molar-refractivity contribution in [1.82, 2.24) is 4.90 Å². The molecule has 1 heterocycles. The maximum absolute atomic E-state index is 12.6. The fraction of sp³-hybridized carbons (Fsp3) is 0.556. The van der Waals surface area contributed by atoms with Crippen LogP contribution in [0.25, 0.3) is 0 Å². The van der Waals surface area contributed by atoms with Crippen LogP contribution < -0.4 is 14.8 Å². The summed E-state index contributed by atoms with van der Waals surface area (Å²) in [7, 11) is -3.63. The highest BCUT2D eigenvalue weighted by Gasteiger charge is 2.28. The Bertz CT molecular complexity index is 756. The number of primary amides is 1. The Balaban J connectivity index is 2.07. The second kappa shape index (κ2) is 9.07. The molecule has 2 N–H and O–H groups in total. The first-order valence-corrected chi connectivity index (χ1v) is 10.8. The second-order valence-corrected chi connectivity index (χ2v) is 8.58. The predicted molar refractivity (Wildman–Crippen MR) is 103 cm³/mol. The van der Waals surface area contributed by atoms with E-state index < -0.39 is 10.0 Å². The lowest BCUT2D eigenvalue weighted by atomic mass is 9.96. The molecule has 1 aliphatic rings. The van der Waals surface area contributed by atoms with Crippen LogP contribution in [0.15, 0.2) is 24.3 Å². The Morgan fingerprint density at radius 2 is 1.81 bits per heavy atom. The van der Waals surface area contributed by atoms with Crippen molar-refractivity contribution in [3.63, 3.8) is 0 Å². The lowest BCUT2D eigenvalue weighted by Crippen LogP contribution is -2.47. The number of ether oxygens (including phenoxy) is 1. The van der Waals surface area contributed by atoms with E-state index in [4.69, 9.17) is 10.5 Å². The largest absolute Gasteiger partial charge is 0.494 e. The molecule has 1 fully saturated rings. The Kier molecular flexibility index (Phi) is 7.06. The molecule has 0 spiro atoms. The number of piperidine rings is 1. The highest BCUT2D eigenvalue weighted by Crippen LogP contribution is 2.23. The van der Waals surface area contributed by atoms with Gasteiger partial charge in [0.1, 0.15) is 12.3 Å². The van der Waals surface area contributed by atoms with Crippen molar-refractivity contribution in [1.29, 1.82) is 0 Å². The Morgan fingerprint density at radius 3 is 2.30 bits per heavy atom. The molecule has 0 aliphatic carbocycles. The zero-order valence-electron chi connectivity index (χ0n) is 15.8. The maximum atomic E-state index is 12.6. The number of benzene rings is 1. The molecule has 2 rings (SSSR count). The van der Waals surface area contributed by atoms with E-state index in [2.05, 4.69) is 0 Å². The van der Waals surface area contributed by atoms with Crippen LogP contribution in [-0.4, -0.2) is 57.6 Å². The fourth-order valence-corrected chi connectivity index (χ4v) is 3.81. The first kappa shape index (κ1) is 21.0. The summed E-state index contributed by atoms with van der Waals surface area (Å²) in [6.07, 6.45) is 2.95. The molecule has 9 heteroatoms. The van der Waals surface area contributed by atoms with E-state index in [9.17, 15) is 18.0 Å². The monoisotopic (exact) mass is 397 g/mol. The van der Waals surface area contributed by atoms with Crippen molar-refractivity contribution >= 4 is 27.5 Å². The topological polar surface area (TPSA) is 110 Å². The zero-order valence-corrected chi connectivity index (χ0v) is 16.6. The van der Waals surface area contributed by atoms with Gasteiger partial charge < -0.3 is 15.4 Å². The first-order chi connectivity index (χ1) is 12.7. The molecule has 1 saturated heterocycles. The molecule has 2 amide bonds. The van der Waals surface area contributed by atoms with E-state index in [1.807, 2.05) is 6.92 Å². The molecule has 150 valence electrons. The van der Waals surface area contributed by atoms with Gasteiger partial charge in [-0.05, 0) is 43.5 Å². The highest BCUT2D eigenvalue weighted by atomic mass is 32.2. The first-order valence-electron chi connectivity index (χ1n) is 9.00. The van der Waals surface area contributed by atoms with Crippen molar-refractivity contribution < 1.29 is 22.7 Å². The van der Waals surface area contributed by atoms with Gasteiger partial charge in [0.2, 0.25) is 21.8 Å². The fourth-order valence-electron chi connectivity index (χ4n) is 2.96. The summed E-state index contributed by atoms with van der Waals surface area (Å²) < 4.78 is 31.0. The third kappa shape index (κ3) is 5.85. The van der Waals surface area contributed by atoms with Gasteiger partial charge in [0.05, 0.1) is 18.6 Å². The van der Waals surface area contributed by atoms with Crippen LogP contribution in [0.2, 0.25) is 0 Å². The minimum Gasteiger partial charge on any atom is -0.494 e. The average molecular weight is 397 g/mol. The third-order valence-electron chi connectivity index (χ3n) is 4.53. The van der Waals surface area contributed by atoms with Crippen LogP contribution >= 0.6 is 0 Å². The van der Waals surface area contributed by atoms with E-state index in [1.165, 1.54) is 0 Å². The Morgan fingerprint density at radius 1 is 1.22 bits per heavy atom. The van der Waals surface area contributed by atoms with Gasteiger partial charge in [-0.1, -0.05) is 6.92 Å². The number of carbonyl (C=O) groups excluding carboxylic acids is 2. The van der Waals surface area contributed by atoms with Gasteiger partial charge in [-0.3, -0.25) is 13.9 Å². The predicted octanol–water partition coefficient (Wildman–Crippen LogP) is 0.965. The van der Waals surface area contributed by atoms with Gasteiger partial charge in [-0.15, -0.1) is 0 Å². The zero-order chi connectivity index (χ0) is 20.0. The smallest absolute Gasteiger partial charge is 0.243 e. The normalized spacial score (nSPS) is 15.4. The van der Waals surface area contributed by atoms with Gasteiger partial charge >= 0.3 is 0 Å².